The smallest absolute Gasteiger partial charge is 0.333 e. The summed E-state index contributed by atoms with van der Waals surface area (Å²) in [5.41, 5.74) is 2.36. The maximum Gasteiger partial charge on any atom is 0.333 e. The van der Waals surface area contributed by atoms with Gasteiger partial charge in [-0.3, -0.25) is 18.7 Å². The van der Waals surface area contributed by atoms with Crippen LogP contribution in [0.5, 0.6) is 5.75 Å². The van der Waals surface area contributed by atoms with Crippen molar-refractivity contribution in [1.29, 1.82) is 0 Å². The van der Waals surface area contributed by atoms with Crippen LogP contribution >= 0.6 is 23.2 Å². The SMILES string of the molecule is CC(C)Oc1ccc(-n2c(C(=O)NCc3ccccc3)c3n(c2=O)CCN(C(=O)/C=C/c2cccc(Cl)c2Cl)C3)cc1. The Kier molecular flexibility index (Phi) is 8.85. The van der Waals surface area contributed by atoms with Crippen LogP contribution in [0, 0.1) is 0 Å². The molecule has 0 spiro atoms. The lowest BCUT2D eigenvalue weighted by Gasteiger charge is -2.27. The van der Waals surface area contributed by atoms with E-state index in [2.05, 4.69) is 5.32 Å². The molecule has 216 valence electrons. The summed E-state index contributed by atoms with van der Waals surface area (Å²) >= 11 is 12.4. The van der Waals surface area contributed by atoms with Crippen molar-refractivity contribution in [3.05, 3.63) is 122 Å². The minimum Gasteiger partial charge on any atom is -0.491 e. The molecule has 2 heterocycles. The monoisotopic (exact) mass is 604 g/mol. The number of nitrogens with zero attached hydrogens (tertiary/aromatic N) is 3. The van der Waals surface area contributed by atoms with Crippen molar-refractivity contribution in [1.82, 2.24) is 19.4 Å². The van der Waals surface area contributed by atoms with Gasteiger partial charge in [-0.05, 0) is 61.4 Å². The summed E-state index contributed by atoms with van der Waals surface area (Å²) in [6, 6.07) is 21.7. The molecule has 0 unspecified atom stereocenters. The molecule has 2 amide bonds. The average molecular weight is 606 g/mol. The highest BCUT2D eigenvalue weighted by Crippen LogP contribution is 2.27. The average Bonchev–Trinajstić information content (AvgIpc) is 3.28. The highest BCUT2D eigenvalue weighted by molar-refractivity contribution is 6.42. The molecule has 10 heteroatoms. The van der Waals surface area contributed by atoms with E-state index in [1.165, 1.54) is 10.6 Å². The summed E-state index contributed by atoms with van der Waals surface area (Å²) in [7, 11) is 0. The third-order valence-electron chi connectivity index (χ3n) is 6.86. The van der Waals surface area contributed by atoms with Crippen molar-refractivity contribution in [3.8, 4) is 11.4 Å². The van der Waals surface area contributed by atoms with Crippen LogP contribution in [0.15, 0.2) is 83.7 Å². The second kappa shape index (κ2) is 12.7. The maximum absolute atomic E-state index is 13.7. The molecule has 0 bridgehead atoms. The molecular weight excluding hydrogens is 575 g/mol. The Morgan fingerprint density at radius 1 is 0.976 bits per heavy atom. The van der Waals surface area contributed by atoms with Crippen LogP contribution in [0.3, 0.4) is 0 Å². The number of ether oxygens (including phenoxy) is 1. The van der Waals surface area contributed by atoms with Crippen LogP contribution in [0.25, 0.3) is 11.8 Å². The van der Waals surface area contributed by atoms with E-state index in [1.54, 1.807) is 58.0 Å². The van der Waals surface area contributed by atoms with Crippen molar-refractivity contribution in [2.75, 3.05) is 6.54 Å². The second-order valence-corrected chi connectivity index (χ2v) is 10.9. The molecule has 4 aromatic rings. The summed E-state index contributed by atoms with van der Waals surface area (Å²) in [5.74, 6) is -0.0321. The first kappa shape index (κ1) is 29.2. The maximum atomic E-state index is 13.7. The van der Waals surface area contributed by atoms with E-state index < -0.39 is 5.91 Å². The number of benzene rings is 3. The van der Waals surface area contributed by atoms with Crippen molar-refractivity contribution >= 4 is 41.1 Å². The van der Waals surface area contributed by atoms with Gasteiger partial charge in [-0.1, -0.05) is 65.7 Å². The number of carbonyl (C=O) groups is 2. The van der Waals surface area contributed by atoms with Crippen LogP contribution in [0.2, 0.25) is 10.0 Å². The number of hydrogen-bond donors (Lipinski definition) is 1. The number of halogens is 2. The summed E-state index contributed by atoms with van der Waals surface area (Å²) in [6.07, 6.45) is 3.02. The molecule has 0 saturated carbocycles. The zero-order chi connectivity index (χ0) is 29.8. The van der Waals surface area contributed by atoms with Gasteiger partial charge in [0.1, 0.15) is 11.4 Å². The Morgan fingerprint density at radius 3 is 2.43 bits per heavy atom. The molecule has 0 radical (unpaired) electrons. The van der Waals surface area contributed by atoms with Gasteiger partial charge in [0.15, 0.2) is 0 Å². The lowest BCUT2D eigenvalue weighted by Crippen LogP contribution is -2.40. The minimum absolute atomic E-state index is 0.00725. The number of hydrogen-bond acceptors (Lipinski definition) is 4. The quantitative estimate of drug-likeness (QED) is 0.261. The van der Waals surface area contributed by atoms with Crippen molar-refractivity contribution in [3.63, 3.8) is 0 Å². The Hall–Kier alpha value is -4.27. The van der Waals surface area contributed by atoms with Gasteiger partial charge in [-0.2, -0.15) is 0 Å². The lowest BCUT2D eigenvalue weighted by atomic mass is 10.2. The molecule has 0 saturated heterocycles. The molecular formula is C32H30Cl2N4O4. The number of carbonyl (C=O) groups excluding carboxylic acids is 2. The molecule has 0 aliphatic carbocycles. The van der Waals surface area contributed by atoms with Gasteiger partial charge < -0.3 is 15.0 Å². The Balaban J connectivity index is 1.48. The number of amides is 2. The molecule has 1 aromatic heterocycles. The molecule has 0 fully saturated rings. The zero-order valence-electron chi connectivity index (χ0n) is 23.2. The van der Waals surface area contributed by atoms with E-state index in [1.807, 2.05) is 44.2 Å². The number of imidazole rings is 1. The third kappa shape index (κ3) is 6.30. The highest BCUT2D eigenvalue weighted by Gasteiger charge is 2.31. The van der Waals surface area contributed by atoms with E-state index in [-0.39, 0.29) is 43.0 Å². The van der Waals surface area contributed by atoms with Gasteiger partial charge in [-0.25, -0.2) is 4.79 Å². The van der Waals surface area contributed by atoms with Crippen molar-refractivity contribution < 1.29 is 14.3 Å². The molecule has 42 heavy (non-hydrogen) atoms. The van der Waals surface area contributed by atoms with Crippen LogP contribution < -0.4 is 15.7 Å². The summed E-state index contributed by atoms with van der Waals surface area (Å²) < 4.78 is 8.73. The Labute approximate surface area is 253 Å². The summed E-state index contributed by atoms with van der Waals surface area (Å²) in [4.78, 5) is 42.2. The van der Waals surface area contributed by atoms with Crippen molar-refractivity contribution in [2.45, 2.75) is 39.6 Å². The molecule has 5 rings (SSSR count). The predicted molar refractivity (Wildman–Crippen MR) is 164 cm³/mol. The van der Waals surface area contributed by atoms with Crippen LogP contribution in [-0.2, 0) is 24.4 Å². The normalized spacial score (nSPS) is 12.9. The topological polar surface area (TPSA) is 85.6 Å². The van der Waals surface area contributed by atoms with Crippen LogP contribution in [0.1, 0.15) is 41.2 Å². The van der Waals surface area contributed by atoms with Gasteiger partial charge in [0.05, 0.1) is 34.1 Å². The van der Waals surface area contributed by atoms with Gasteiger partial charge >= 0.3 is 5.69 Å². The summed E-state index contributed by atoms with van der Waals surface area (Å²) in [6.45, 7) is 4.77. The molecule has 1 aliphatic heterocycles. The molecule has 8 nitrogen and oxygen atoms in total. The van der Waals surface area contributed by atoms with Gasteiger partial charge in [0.25, 0.3) is 5.91 Å². The highest BCUT2D eigenvalue weighted by atomic mass is 35.5. The second-order valence-electron chi connectivity index (χ2n) is 10.1. The fourth-order valence-corrected chi connectivity index (χ4v) is 5.21. The fourth-order valence-electron chi connectivity index (χ4n) is 4.84. The van der Waals surface area contributed by atoms with E-state index in [9.17, 15) is 14.4 Å². The molecule has 1 N–H and O–H groups in total. The van der Waals surface area contributed by atoms with Crippen LogP contribution in [0.4, 0.5) is 0 Å². The minimum atomic E-state index is -0.414. The first-order valence-corrected chi connectivity index (χ1v) is 14.3. The lowest BCUT2D eigenvalue weighted by molar-refractivity contribution is -0.127. The first-order chi connectivity index (χ1) is 20.2. The standard InChI is InChI=1S/C32H30Cl2N4O4/c1-21(2)42-25-14-12-24(13-15-25)38-30(31(40)35-19-22-7-4-3-5-8-22)27-20-36(17-18-37(27)32(38)41)28(39)16-11-23-9-6-10-26(33)29(23)34/h3-16,21H,17-20H2,1-2H3,(H,35,40)/b16-11+. The van der Waals surface area contributed by atoms with E-state index in [0.717, 1.165) is 5.56 Å². The molecule has 1 aliphatic rings. The van der Waals surface area contributed by atoms with E-state index in [0.29, 0.717) is 39.3 Å². The van der Waals surface area contributed by atoms with Crippen molar-refractivity contribution in [2.24, 2.45) is 0 Å². The van der Waals surface area contributed by atoms with E-state index >= 15 is 0 Å². The first-order valence-electron chi connectivity index (χ1n) is 13.6. The predicted octanol–water partition coefficient (Wildman–Crippen LogP) is 5.72. The third-order valence-corrected chi connectivity index (χ3v) is 7.69. The number of nitrogens with one attached hydrogen (secondary N) is 1. The number of rotatable bonds is 8. The molecule has 0 atom stereocenters. The summed E-state index contributed by atoms with van der Waals surface area (Å²) in [5, 5.41) is 3.70. The Bertz CT molecular complexity index is 1690. The van der Waals surface area contributed by atoms with E-state index in [4.69, 9.17) is 27.9 Å². The Morgan fingerprint density at radius 2 is 1.71 bits per heavy atom. The number of aromatic nitrogens is 2. The van der Waals surface area contributed by atoms with Gasteiger partial charge in [-0.15, -0.1) is 0 Å². The molecule has 3 aromatic carbocycles. The fraction of sp³-hybridized carbons (Fsp3) is 0.219. The van der Waals surface area contributed by atoms with Crippen LogP contribution in [-0.4, -0.2) is 38.5 Å². The largest absolute Gasteiger partial charge is 0.491 e. The zero-order valence-corrected chi connectivity index (χ0v) is 24.7. The number of fused-ring (bicyclic) bond motifs is 1. The van der Waals surface area contributed by atoms with Gasteiger partial charge in [0.2, 0.25) is 5.91 Å². The van der Waals surface area contributed by atoms with Gasteiger partial charge in [0, 0.05) is 25.7 Å².